The van der Waals surface area contributed by atoms with Gasteiger partial charge in [0.1, 0.15) is 5.82 Å². The van der Waals surface area contributed by atoms with E-state index < -0.39 is 0 Å². The van der Waals surface area contributed by atoms with Crippen molar-refractivity contribution in [3.8, 4) is 0 Å². The predicted octanol–water partition coefficient (Wildman–Crippen LogP) is 1.75. The number of imidazole rings is 1. The third-order valence-corrected chi connectivity index (χ3v) is 4.57. The molecule has 0 aliphatic carbocycles. The molecule has 0 radical (unpaired) electrons. The SMILES string of the molecule is CC(=O)N(CCC(=O)N[C@@H]1CCc2nccn2C1)Cc1ccccc1. The minimum atomic E-state index is -0.0163. The van der Waals surface area contributed by atoms with Crippen LogP contribution in [0.4, 0.5) is 0 Å². The van der Waals surface area contributed by atoms with E-state index >= 15 is 0 Å². The number of hydrogen-bond donors (Lipinski definition) is 1. The van der Waals surface area contributed by atoms with Crippen molar-refractivity contribution in [3.05, 3.63) is 54.1 Å². The van der Waals surface area contributed by atoms with Crippen LogP contribution in [0.5, 0.6) is 0 Å². The zero-order valence-electron chi connectivity index (χ0n) is 14.5. The fraction of sp³-hybridized carbons (Fsp3) is 0.421. The van der Waals surface area contributed by atoms with E-state index in [2.05, 4.69) is 14.9 Å². The molecular weight excluding hydrogens is 316 g/mol. The zero-order chi connectivity index (χ0) is 17.6. The van der Waals surface area contributed by atoms with Gasteiger partial charge in [-0.1, -0.05) is 30.3 Å². The highest BCUT2D eigenvalue weighted by atomic mass is 16.2. The molecule has 0 bridgehead atoms. The van der Waals surface area contributed by atoms with Gasteiger partial charge in [0.15, 0.2) is 0 Å². The number of benzene rings is 1. The fourth-order valence-corrected chi connectivity index (χ4v) is 3.17. The van der Waals surface area contributed by atoms with Gasteiger partial charge in [-0.3, -0.25) is 9.59 Å². The Morgan fingerprint density at radius 3 is 2.88 bits per heavy atom. The van der Waals surface area contributed by atoms with E-state index in [4.69, 9.17) is 0 Å². The fourth-order valence-electron chi connectivity index (χ4n) is 3.17. The summed E-state index contributed by atoms with van der Waals surface area (Å²) in [5, 5.41) is 3.08. The van der Waals surface area contributed by atoms with Gasteiger partial charge in [0.25, 0.3) is 0 Å². The van der Waals surface area contributed by atoms with E-state index in [0.717, 1.165) is 30.8 Å². The summed E-state index contributed by atoms with van der Waals surface area (Å²) in [6.45, 7) is 3.27. The molecule has 2 heterocycles. The molecule has 1 N–H and O–H groups in total. The first-order chi connectivity index (χ1) is 12.1. The first kappa shape index (κ1) is 17.2. The molecule has 25 heavy (non-hydrogen) atoms. The molecule has 2 amide bonds. The van der Waals surface area contributed by atoms with Crippen molar-refractivity contribution in [2.45, 2.75) is 45.3 Å². The lowest BCUT2D eigenvalue weighted by Crippen LogP contribution is -2.42. The van der Waals surface area contributed by atoms with Gasteiger partial charge in [0.05, 0.1) is 0 Å². The van der Waals surface area contributed by atoms with Crippen molar-refractivity contribution < 1.29 is 9.59 Å². The molecular formula is C19H24N4O2. The first-order valence-electron chi connectivity index (χ1n) is 8.70. The van der Waals surface area contributed by atoms with Gasteiger partial charge in [-0.05, 0) is 12.0 Å². The van der Waals surface area contributed by atoms with Crippen molar-refractivity contribution in [1.82, 2.24) is 19.8 Å². The second kappa shape index (κ2) is 7.96. The Morgan fingerprint density at radius 1 is 1.32 bits per heavy atom. The molecule has 132 valence electrons. The second-order valence-corrected chi connectivity index (χ2v) is 6.48. The maximum absolute atomic E-state index is 12.3. The Balaban J connectivity index is 1.48. The number of amides is 2. The molecule has 1 atom stereocenters. The normalized spacial score (nSPS) is 16.1. The molecule has 1 aromatic heterocycles. The molecule has 6 heteroatoms. The van der Waals surface area contributed by atoms with Crippen molar-refractivity contribution >= 4 is 11.8 Å². The lowest BCUT2D eigenvalue weighted by molar-refractivity contribution is -0.130. The monoisotopic (exact) mass is 340 g/mol. The van der Waals surface area contributed by atoms with Crippen molar-refractivity contribution in [2.24, 2.45) is 0 Å². The van der Waals surface area contributed by atoms with Crippen LogP contribution in [0.1, 0.15) is 31.2 Å². The van der Waals surface area contributed by atoms with Crippen LogP contribution in [0.15, 0.2) is 42.7 Å². The average molecular weight is 340 g/mol. The summed E-state index contributed by atoms with van der Waals surface area (Å²) in [7, 11) is 0. The summed E-state index contributed by atoms with van der Waals surface area (Å²) in [5.74, 6) is 1.06. The number of hydrogen-bond acceptors (Lipinski definition) is 3. The standard InChI is InChI=1S/C19H24N4O2/c1-15(24)22(13-16-5-3-2-4-6-16)11-9-19(25)21-17-7-8-18-20-10-12-23(18)14-17/h2-6,10,12,17H,7-9,11,13-14H2,1H3,(H,21,25)/t17-/m1/s1. The summed E-state index contributed by atoms with van der Waals surface area (Å²) < 4.78 is 2.09. The van der Waals surface area contributed by atoms with E-state index in [1.807, 2.05) is 36.5 Å². The maximum Gasteiger partial charge on any atom is 0.222 e. The molecule has 1 aliphatic rings. The van der Waals surface area contributed by atoms with Gasteiger partial charge in [0.2, 0.25) is 11.8 Å². The number of nitrogens with one attached hydrogen (secondary N) is 1. The Bertz CT molecular complexity index is 726. The van der Waals surface area contributed by atoms with Crippen molar-refractivity contribution in [1.29, 1.82) is 0 Å². The topological polar surface area (TPSA) is 67.2 Å². The Hall–Kier alpha value is -2.63. The van der Waals surface area contributed by atoms with Gasteiger partial charge < -0.3 is 14.8 Å². The number of aryl methyl sites for hydroxylation is 1. The molecule has 0 spiro atoms. The van der Waals surface area contributed by atoms with Crippen molar-refractivity contribution in [3.63, 3.8) is 0 Å². The number of rotatable bonds is 6. The zero-order valence-corrected chi connectivity index (χ0v) is 14.5. The smallest absolute Gasteiger partial charge is 0.222 e. The van der Waals surface area contributed by atoms with Crippen LogP contribution in [-0.4, -0.2) is 38.9 Å². The summed E-state index contributed by atoms with van der Waals surface area (Å²) in [6.07, 6.45) is 5.85. The molecule has 2 aromatic rings. The second-order valence-electron chi connectivity index (χ2n) is 6.48. The van der Waals surface area contributed by atoms with Crippen LogP contribution in [0.3, 0.4) is 0 Å². The third kappa shape index (κ3) is 4.68. The molecule has 0 unspecified atom stereocenters. The lowest BCUT2D eigenvalue weighted by Gasteiger charge is -2.26. The Morgan fingerprint density at radius 2 is 2.12 bits per heavy atom. The summed E-state index contributed by atoms with van der Waals surface area (Å²) in [5.41, 5.74) is 1.07. The highest BCUT2D eigenvalue weighted by Crippen LogP contribution is 2.13. The van der Waals surface area contributed by atoms with Crippen LogP contribution >= 0.6 is 0 Å². The Kier molecular flexibility index (Phi) is 5.48. The molecule has 0 saturated heterocycles. The van der Waals surface area contributed by atoms with Crippen LogP contribution in [0.25, 0.3) is 0 Å². The highest BCUT2D eigenvalue weighted by molar-refractivity contribution is 5.78. The van der Waals surface area contributed by atoms with E-state index in [0.29, 0.717) is 19.5 Å². The molecule has 0 fully saturated rings. The van der Waals surface area contributed by atoms with Crippen LogP contribution < -0.4 is 5.32 Å². The molecule has 3 rings (SSSR count). The minimum absolute atomic E-state index is 0.00660. The number of fused-ring (bicyclic) bond motifs is 1. The highest BCUT2D eigenvalue weighted by Gasteiger charge is 2.20. The number of aromatic nitrogens is 2. The lowest BCUT2D eigenvalue weighted by atomic mass is 10.1. The van der Waals surface area contributed by atoms with Crippen LogP contribution in [0, 0.1) is 0 Å². The van der Waals surface area contributed by atoms with Crippen molar-refractivity contribution in [2.75, 3.05) is 6.54 Å². The summed E-state index contributed by atoms with van der Waals surface area (Å²) in [4.78, 5) is 30.1. The van der Waals surface area contributed by atoms with E-state index in [1.165, 1.54) is 0 Å². The molecule has 6 nitrogen and oxygen atoms in total. The van der Waals surface area contributed by atoms with E-state index in [1.54, 1.807) is 18.0 Å². The largest absolute Gasteiger partial charge is 0.352 e. The van der Waals surface area contributed by atoms with Crippen LogP contribution in [0.2, 0.25) is 0 Å². The van der Waals surface area contributed by atoms with E-state index in [9.17, 15) is 9.59 Å². The summed E-state index contributed by atoms with van der Waals surface area (Å²) >= 11 is 0. The van der Waals surface area contributed by atoms with Gasteiger partial charge in [-0.15, -0.1) is 0 Å². The molecule has 0 saturated carbocycles. The number of nitrogens with zero attached hydrogens (tertiary/aromatic N) is 3. The Labute approximate surface area is 147 Å². The quantitative estimate of drug-likeness (QED) is 0.871. The average Bonchev–Trinajstić information content (AvgIpc) is 3.07. The first-order valence-corrected chi connectivity index (χ1v) is 8.70. The molecule has 1 aromatic carbocycles. The third-order valence-electron chi connectivity index (χ3n) is 4.57. The van der Waals surface area contributed by atoms with Gasteiger partial charge in [0, 0.05) is 57.8 Å². The number of carbonyl (C=O) groups excluding carboxylic acids is 2. The molecule has 1 aliphatic heterocycles. The van der Waals surface area contributed by atoms with Gasteiger partial charge in [-0.2, -0.15) is 0 Å². The van der Waals surface area contributed by atoms with Gasteiger partial charge >= 0.3 is 0 Å². The number of carbonyl (C=O) groups is 2. The van der Waals surface area contributed by atoms with Gasteiger partial charge in [-0.25, -0.2) is 4.98 Å². The predicted molar refractivity (Wildman–Crippen MR) is 94.6 cm³/mol. The minimum Gasteiger partial charge on any atom is -0.352 e. The van der Waals surface area contributed by atoms with Crippen LogP contribution in [-0.2, 0) is 29.1 Å². The van der Waals surface area contributed by atoms with E-state index in [-0.39, 0.29) is 17.9 Å². The maximum atomic E-state index is 12.3. The summed E-state index contributed by atoms with van der Waals surface area (Å²) in [6, 6.07) is 9.96.